The van der Waals surface area contributed by atoms with Gasteiger partial charge in [0.15, 0.2) is 0 Å². The van der Waals surface area contributed by atoms with Crippen molar-refractivity contribution in [2.75, 3.05) is 0 Å². The summed E-state index contributed by atoms with van der Waals surface area (Å²) in [4.78, 5) is 0. The summed E-state index contributed by atoms with van der Waals surface area (Å²) in [7, 11) is 0. The Morgan fingerprint density at radius 3 is 2.27 bits per heavy atom. The van der Waals surface area contributed by atoms with Gasteiger partial charge in [0.25, 0.3) is 0 Å². The van der Waals surface area contributed by atoms with E-state index >= 15 is 0 Å². The van der Waals surface area contributed by atoms with Gasteiger partial charge in [0.05, 0.1) is 0 Å². The Morgan fingerprint density at radius 1 is 1.27 bits per heavy atom. The highest BCUT2D eigenvalue weighted by atomic mass is 32.1. The van der Waals surface area contributed by atoms with Crippen molar-refractivity contribution >= 4 is 12.6 Å². The Kier molecular flexibility index (Phi) is 2.58. The molecule has 0 spiro atoms. The zero-order valence-electron chi connectivity index (χ0n) is 8.09. The van der Waals surface area contributed by atoms with Gasteiger partial charge in [-0.1, -0.05) is 27.7 Å². The monoisotopic (exact) mass is 172 g/mol. The highest BCUT2D eigenvalue weighted by Crippen LogP contribution is 2.44. The van der Waals surface area contributed by atoms with Gasteiger partial charge < -0.3 is 0 Å². The molecular formula is C10H20S. The first-order valence-electron chi connectivity index (χ1n) is 4.61. The Hall–Kier alpha value is 0.350. The second-order valence-electron chi connectivity index (χ2n) is 4.96. The highest BCUT2D eigenvalue weighted by Gasteiger charge is 2.37. The third-order valence-electron chi connectivity index (χ3n) is 2.99. The van der Waals surface area contributed by atoms with Crippen molar-refractivity contribution in [2.45, 2.75) is 45.8 Å². The van der Waals surface area contributed by atoms with E-state index in [4.69, 9.17) is 0 Å². The van der Waals surface area contributed by atoms with Crippen LogP contribution in [0.1, 0.15) is 40.5 Å². The standard InChI is InChI=1S/C10H20S/c1-7-5-8(2)9(11)10(3,4)6-7/h7-9,11H,5-6H2,1-4H3. The Bertz CT molecular complexity index is 140. The average Bonchev–Trinajstić information content (AvgIpc) is 1.81. The van der Waals surface area contributed by atoms with Crippen LogP contribution in [0.25, 0.3) is 0 Å². The van der Waals surface area contributed by atoms with Gasteiger partial charge in [0.2, 0.25) is 0 Å². The zero-order valence-corrected chi connectivity index (χ0v) is 8.99. The smallest absolute Gasteiger partial charge is 0.00938 e. The van der Waals surface area contributed by atoms with E-state index in [0.717, 1.165) is 11.8 Å². The van der Waals surface area contributed by atoms with Crippen LogP contribution in [0.2, 0.25) is 0 Å². The van der Waals surface area contributed by atoms with Crippen LogP contribution in [0.3, 0.4) is 0 Å². The Morgan fingerprint density at radius 2 is 1.82 bits per heavy atom. The minimum Gasteiger partial charge on any atom is -0.175 e. The van der Waals surface area contributed by atoms with Crippen LogP contribution >= 0.6 is 12.6 Å². The minimum atomic E-state index is 0.445. The van der Waals surface area contributed by atoms with E-state index in [2.05, 4.69) is 40.3 Å². The predicted octanol–water partition coefficient (Wildman–Crippen LogP) is 3.38. The van der Waals surface area contributed by atoms with Crippen LogP contribution in [0.15, 0.2) is 0 Å². The molecule has 0 amide bonds. The van der Waals surface area contributed by atoms with E-state index in [0.29, 0.717) is 10.7 Å². The SMILES string of the molecule is CC1CC(C)C(S)C(C)(C)C1. The molecule has 11 heavy (non-hydrogen) atoms. The molecule has 1 heteroatoms. The fourth-order valence-corrected chi connectivity index (χ4v) is 2.86. The molecule has 1 rings (SSSR count). The number of thiol groups is 1. The highest BCUT2D eigenvalue weighted by molar-refractivity contribution is 7.81. The van der Waals surface area contributed by atoms with Gasteiger partial charge in [0, 0.05) is 5.25 Å². The van der Waals surface area contributed by atoms with Gasteiger partial charge in [-0.15, -0.1) is 0 Å². The normalized spacial score (nSPS) is 43.9. The molecule has 1 fully saturated rings. The van der Waals surface area contributed by atoms with Gasteiger partial charge in [-0.05, 0) is 30.1 Å². The first kappa shape index (κ1) is 9.44. The molecule has 0 aliphatic heterocycles. The second kappa shape index (κ2) is 3.01. The zero-order chi connectivity index (χ0) is 8.65. The molecule has 0 aromatic rings. The first-order valence-corrected chi connectivity index (χ1v) is 5.13. The molecular weight excluding hydrogens is 152 g/mol. The molecule has 1 saturated carbocycles. The van der Waals surface area contributed by atoms with Crippen molar-refractivity contribution in [2.24, 2.45) is 17.3 Å². The summed E-state index contributed by atoms with van der Waals surface area (Å²) < 4.78 is 0. The van der Waals surface area contributed by atoms with Crippen molar-refractivity contribution in [3.63, 3.8) is 0 Å². The lowest BCUT2D eigenvalue weighted by molar-refractivity contribution is 0.154. The third kappa shape index (κ3) is 1.93. The van der Waals surface area contributed by atoms with Crippen molar-refractivity contribution in [1.82, 2.24) is 0 Å². The van der Waals surface area contributed by atoms with Crippen molar-refractivity contribution in [1.29, 1.82) is 0 Å². The molecule has 66 valence electrons. The number of rotatable bonds is 0. The minimum absolute atomic E-state index is 0.445. The molecule has 0 N–H and O–H groups in total. The molecule has 0 aromatic carbocycles. The second-order valence-corrected chi connectivity index (χ2v) is 5.51. The summed E-state index contributed by atoms with van der Waals surface area (Å²) >= 11 is 4.68. The van der Waals surface area contributed by atoms with E-state index in [1.807, 2.05) is 0 Å². The quantitative estimate of drug-likeness (QED) is 0.532. The van der Waals surface area contributed by atoms with E-state index in [1.54, 1.807) is 0 Å². The molecule has 0 nitrogen and oxygen atoms in total. The van der Waals surface area contributed by atoms with Gasteiger partial charge in [0.1, 0.15) is 0 Å². The Balaban J connectivity index is 2.67. The van der Waals surface area contributed by atoms with Gasteiger partial charge in [-0.3, -0.25) is 0 Å². The maximum absolute atomic E-state index is 4.68. The average molecular weight is 172 g/mol. The first-order chi connectivity index (χ1) is 4.93. The summed E-state index contributed by atoms with van der Waals surface area (Å²) in [5, 5.41) is 0.596. The van der Waals surface area contributed by atoms with Crippen molar-refractivity contribution in [3.05, 3.63) is 0 Å². The molecule has 0 radical (unpaired) electrons. The molecule has 1 aliphatic rings. The lowest BCUT2D eigenvalue weighted by atomic mass is 9.68. The summed E-state index contributed by atoms with van der Waals surface area (Å²) in [6, 6.07) is 0. The van der Waals surface area contributed by atoms with Gasteiger partial charge in [-0.25, -0.2) is 0 Å². The van der Waals surface area contributed by atoms with Crippen molar-refractivity contribution < 1.29 is 0 Å². The molecule has 0 heterocycles. The van der Waals surface area contributed by atoms with Crippen molar-refractivity contribution in [3.8, 4) is 0 Å². The van der Waals surface area contributed by atoms with Crippen LogP contribution in [0.4, 0.5) is 0 Å². The fraction of sp³-hybridized carbons (Fsp3) is 1.00. The van der Waals surface area contributed by atoms with Crippen LogP contribution in [0, 0.1) is 17.3 Å². The molecule has 1 aliphatic carbocycles. The molecule has 0 saturated heterocycles. The van der Waals surface area contributed by atoms with E-state index in [1.165, 1.54) is 12.8 Å². The number of hydrogen-bond donors (Lipinski definition) is 1. The molecule has 0 aromatic heterocycles. The fourth-order valence-electron chi connectivity index (χ4n) is 2.64. The summed E-state index contributed by atoms with van der Waals surface area (Å²) in [5.74, 6) is 1.68. The van der Waals surface area contributed by atoms with Crippen LogP contribution < -0.4 is 0 Å². The van der Waals surface area contributed by atoms with Crippen LogP contribution in [-0.2, 0) is 0 Å². The van der Waals surface area contributed by atoms with E-state index in [9.17, 15) is 0 Å². The summed E-state index contributed by atoms with van der Waals surface area (Å²) in [5.41, 5.74) is 0.445. The van der Waals surface area contributed by atoms with E-state index in [-0.39, 0.29) is 0 Å². The predicted molar refractivity (Wildman–Crippen MR) is 54.1 cm³/mol. The largest absolute Gasteiger partial charge is 0.175 e. The number of hydrogen-bond acceptors (Lipinski definition) is 1. The van der Waals surface area contributed by atoms with Crippen LogP contribution in [0.5, 0.6) is 0 Å². The third-order valence-corrected chi connectivity index (χ3v) is 4.20. The summed E-state index contributed by atoms with van der Waals surface area (Å²) in [6.45, 7) is 9.38. The maximum atomic E-state index is 4.68. The van der Waals surface area contributed by atoms with Gasteiger partial charge in [-0.2, -0.15) is 12.6 Å². The van der Waals surface area contributed by atoms with Gasteiger partial charge >= 0.3 is 0 Å². The molecule has 3 atom stereocenters. The Labute approximate surface area is 76.2 Å². The topological polar surface area (TPSA) is 0 Å². The van der Waals surface area contributed by atoms with E-state index < -0.39 is 0 Å². The molecule has 3 unspecified atom stereocenters. The lowest BCUT2D eigenvalue weighted by Crippen LogP contribution is -2.37. The lowest BCUT2D eigenvalue weighted by Gasteiger charge is -2.43. The summed E-state index contributed by atoms with van der Waals surface area (Å²) in [6.07, 6.45) is 2.70. The van der Waals surface area contributed by atoms with Crippen LogP contribution in [-0.4, -0.2) is 5.25 Å². The maximum Gasteiger partial charge on any atom is 0.00938 e. The molecule has 0 bridgehead atoms.